The standard InChI is InChI=1S/C20H23FN4O/c21-17-5-3-15(4-6-17)20(26)16-7-11-25(12-8-16)19-13-18(22-14-23-19)24-9-1-2-10-24/h3-6,13-14,16H,1-2,7-12H2. The molecule has 26 heavy (non-hydrogen) atoms. The Morgan fingerprint density at radius 3 is 2.12 bits per heavy atom. The molecule has 6 heteroatoms. The van der Waals surface area contributed by atoms with Crippen molar-refractivity contribution in [3.8, 4) is 0 Å². The fraction of sp³-hybridized carbons (Fsp3) is 0.450. The van der Waals surface area contributed by atoms with E-state index in [0.717, 1.165) is 50.7 Å². The largest absolute Gasteiger partial charge is 0.356 e. The molecule has 2 aliphatic rings. The molecule has 2 aliphatic heterocycles. The summed E-state index contributed by atoms with van der Waals surface area (Å²) in [5, 5.41) is 0. The van der Waals surface area contributed by atoms with Gasteiger partial charge < -0.3 is 9.80 Å². The number of carbonyl (C=O) groups excluding carboxylic acids is 1. The summed E-state index contributed by atoms with van der Waals surface area (Å²) in [5.41, 5.74) is 0.600. The van der Waals surface area contributed by atoms with Crippen molar-refractivity contribution in [1.29, 1.82) is 0 Å². The summed E-state index contributed by atoms with van der Waals surface area (Å²) in [5.74, 6) is 1.74. The number of aromatic nitrogens is 2. The van der Waals surface area contributed by atoms with Gasteiger partial charge in [0.2, 0.25) is 0 Å². The van der Waals surface area contributed by atoms with Crippen LogP contribution in [0.15, 0.2) is 36.7 Å². The molecule has 0 atom stereocenters. The first kappa shape index (κ1) is 16.9. The maximum Gasteiger partial charge on any atom is 0.166 e. The summed E-state index contributed by atoms with van der Waals surface area (Å²) in [6.07, 6.45) is 5.66. The molecule has 0 unspecified atom stereocenters. The summed E-state index contributed by atoms with van der Waals surface area (Å²) in [7, 11) is 0. The Hall–Kier alpha value is -2.50. The smallest absolute Gasteiger partial charge is 0.166 e. The van der Waals surface area contributed by atoms with E-state index in [2.05, 4.69) is 25.8 Å². The van der Waals surface area contributed by atoms with Crippen molar-refractivity contribution in [1.82, 2.24) is 9.97 Å². The van der Waals surface area contributed by atoms with Crippen molar-refractivity contribution in [2.45, 2.75) is 25.7 Å². The lowest BCUT2D eigenvalue weighted by molar-refractivity contribution is 0.0900. The minimum atomic E-state index is -0.311. The number of hydrogen-bond acceptors (Lipinski definition) is 5. The predicted molar refractivity (Wildman–Crippen MR) is 99.1 cm³/mol. The van der Waals surface area contributed by atoms with E-state index in [-0.39, 0.29) is 17.5 Å². The van der Waals surface area contributed by atoms with Crippen LogP contribution >= 0.6 is 0 Å². The molecular formula is C20H23FN4O. The highest BCUT2D eigenvalue weighted by molar-refractivity contribution is 5.97. The van der Waals surface area contributed by atoms with E-state index in [4.69, 9.17) is 0 Å². The minimum absolute atomic E-state index is 0.00315. The van der Waals surface area contributed by atoms with E-state index in [1.54, 1.807) is 18.5 Å². The molecule has 2 aromatic rings. The monoisotopic (exact) mass is 354 g/mol. The van der Waals surface area contributed by atoms with Crippen LogP contribution in [0.2, 0.25) is 0 Å². The summed E-state index contributed by atoms with van der Waals surface area (Å²) < 4.78 is 13.0. The number of anilines is 2. The summed E-state index contributed by atoms with van der Waals surface area (Å²) in [6, 6.07) is 7.92. The van der Waals surface area contributed by atoms with Crippen LogP contribution in [0.1, 0.15) is 36.0 Å². The number of benzene rings is 1. The van der Waals surface area contributed by atoms with E-state index in [1.807, 2.05) is 0 Å². The van der Waals surface area contributed by atoms with Gasteiger partial charge in [0.1, 0.15) is 23.8 Å². The second-order valence-corrected chi connectivity index (χ2v) is 7.06. The van der Waals surface area contributed by atoms with E-state index >= 15 is 0 Å². The van der Waals surface area contributed by atoms with Crippen LogP contribution in [0.5, 0.6) is 0 Å². The number of carbonyl (C=O) groups is 1. The highest BCUT2D eigenvalue weighted by Crippen LogP contribution is 2.27. The second-order valence-electron chi connectivity index (χ2n) is 7.06. The molecule has 0 saturated carbocycles. The minimum Gasteiger partial charge on any atom is -0.356 e. The van der Waals surface area contributed by atoms with Gasteiger partial charge in [0.05, 0.1) is 0 Å². The van der Waals surface area contributed by atoms with Crippen molar-refractivity contribution in [3.63, 3.8) is 0 Å². The van der Waals surface area contributed by atoms with Crippen LogP contribution in [-0.4, -0.2) is 41.9 Å². The molecular weight excluding hydrogens is 331 g/mol. The van der Waals surface area contributed by atoms with Crippen molar-refractivity contribution in [2.75, 3.05) is 36.0 Å². The average molecular weight is 354 g/mol. The molecule has 3 heterocycles. The molecule has 0 aliphatic carbocycles. The van der Waals surface area contributed by atoms with Gasteiger partial charge >= 0.3 is 0 Å². The Bertz CT molecular complexity index is 766. The third-order valence-electron chi connectivity index (χ3n) is 5.39. The van der Waals surface area contributed by atoms with Crippen LogP contribution in [0.25, 0.3) is 0 Å². The van der Waals surface area contributed by atoms with Gasteiger partial charge in [-0.15, -0.1) is 0 Å². The average Bonchev–Trinajstić information content (AvgIpc) is 3.23. The van der Waals surface area contributed by atoms with Crippen LogP contribution in [0.4, 0.5) is 16.0 Å². The van der Waals surface area contributed by atoms with Crippen LogP contribution in [-0.2, 0) is 0 Å². The number of nitrogens with zero attached hydrogens (tertiary/aromatic N) is 4. The third-order valence-corrected chi connectivity index (χ3v) is 5.39. The van der Waals surface area contributed by atoms with Gasteiger partial charge in [0, 0.05) is 43.7 Å². The number of piperidine rings is 1. The molecule has 1 aromatic heterocycles. The molecule has 0 bridgehead atoms. The van der Waals surface area contributed by atoms with E-state index in [0.29, 0.717) is 5.56 Å². The lowest BCUT2D eigenvalue weighted by Gasteiger charge is -2.32. The molecule has 5 nitrogen and oxygen atoms in total. The zero-order valence-electron chi connectivity index (χ0n) is 14.8. The fourth-order valence-corrected chi connectivity index (χ4v) is 3.85. The van der Waals surface area contributed by atoms with E-state index < -0.39 is 0 Å². The normalized spacial score (nSPS) is 18.3. The highest BCUT2D eigenvalue weighted by atomic mass is 19.1. The Labute approximate surface area is 152 Å². The zero-order valence-corrected chi connectivity index (χ0v) is 14.8. The molecule has 4 rings (SSSR count). The quantitative estimate of drug-likeness (QED) is 0.789. The van der Waals surface area contributed by atoms with Gasteiger partial charge in [-0.1, -0.05) is 0 Å². The summed E-state index contributed by atoms with van der Waals surface area (Å²) in [6.45, 7) is 3.72. The topological polar surface area (TPSA) is 49.3 Å². The molecule has 2 saturated heterocycles. The third kappa shape index (κ3) is 3.54. The maximum absolute atomic E-state index is 13.0. The van der Waals surface area contributed by atoms with E-state index in [1.165, 1.54) is 25.0 Å². The highest BCUT2D eigenvalue weighted by Gasteiger charge is 2.27. The maximum atomic E-state index is 13.0. The summed E-state index contributed by atoms with van der Waals surface area (Å²) in [4.78, 5) is 26.0. The Morgan fingerprint density at radius 2 is 1.50 bits per heavy atom. The van der Waals surface area contributed by atoms with Gasteiger partial charge in [-0.2, -0.15) is 0 Å². The van der Waals surface area contributed by atoms with E-state index in [9.17, 15) is 9.18 Å². The SMILES string of the molecule is O=C(c1ccc(F)cc1)C1CCN(c2cc(N3CCCC3)ncn2)CC1. The number of ketones is 1. The summed E-state index contributed by atoms with van der Waals surface area (Å²) >= 11 is 0. The van der Waals surface area contributed by atoms with Crippen molar-refractivity contribution in [2.24, 2.45) is 5.92 Å². The van der Waals surface area contributed by atoms with Gasteiger partial charge in [0.15, 0.2) is 5.78 Å². The lowest BCUT2D eigenvalue weighted by atomic mass is 9.89. The zero-order chi connectivity index (χ0) is 17.9. The van der Waals surface area contributed by atoms with Crippen LogP contribution in [0.3, 0.4) is 0 Å². The molecule has 136 valence electrons. The molecule has 0 amide bonds. The van der Waals surface area contributed by atoms with Crippen LogP contribution < -0.4 is 9.80 Å². The molecule has 0 N–H and O–H groups in total. The first-order valence-corrected chi connectivity index (χ1v) is 9.32. The Morgan fingerprint density at radius 1 is 0.923 bits per heavy atom. The number of Topliss-reactive ketones (excluding diaryl/α,β-unsaturated/α-hetero) is 1. The van der Waals surface area contributed by atoms with Crippen molar-refractivity contribution in [3.05, 3.63) is 48.0 Å². The second kappa shape index (κ2) is 7.40. The number of rotatable bonds is 4. The Kier molecular flexibility index (Phi) is 4.82. The Balaban J connectivity index is 1.39. The predicted octanol–water partition coefficient (Wildman–Crippen LogP) is 3.32. The van der Waals surface area contributed by atoms with Crippen LogP contribution in [0, 0.1) is 11.7 Å². The molecule has 0 spiro atoms. The molecule has 2 fully saturated rings. The van der Waals surface area contributed by atoms with Crippen molar-refractivity contribution >= 4 is 17.4 Å². The lowest BCUT2D eigenvalue weighted by Crippen LogP contribution is -2.37. The van der Waals surface area contributed by atoms with Gasteiger partial charge in [-0.3, -0.25) is 4.79 Å². The van der Waals surface area contributed by atoms with Gasteiger partial charge in [0.25, 0.3) is 0 Å². The van der Waals surface area contributed by atoms with Gasteiger partial charge in [-0.25, -0.2) is 14.4 Å². The van der Waals surface area contributed by atoms with Gasteiger partial charge in [-0.05, 0) is 49.9 Å². The first-order chi connectivity index (χ1) is 12.7. The first-order valence-electron chi connectivity index (χ1n) is 9.32. The number of halogens is 1. The van der Waals surface area contributed by atoms with Crippen molar-refractivity contribution < 1.29 is 9.18 Å². The molecule has 1 aromatic carbocycles. The fourth-order valence-electron chi connectivity index (χ4n) is 3.85. The number of hydrogen-bond donors (Lipinski definition) is 0. The molecule has 0 radical (unpaired) electrons.